The van der Waals surface area contributed by atoms with Gasteiger partial charge in [0, 0.05) is 32.3 Å². The molecule has 1 aromatic carbocycles. The molecule has 3 N–H and O–H groups in total. The molecule has 114 valence electrons. The zero-order valence-corrected chi connectivity index (χ0v) is 12.4. The molecule has 0 aromatic heterocycles. The monoisotopic (exact) mass is 304 g/mol. The number of aliphatic hydroxyl groups excluding tert-OH is 1. The van der Waals surface area contributed by atoms with E-state index in [2.05, 4.69) is 0 Å². The second-order valence-corrected chi connectivity index (χ2v) is 6.61. The number of rotatable bonds is 8. The van der Waals surface area contributed by atoms with Crippen LogP contribution in [0.3, 0.4) is 0 Å². The average molecular weight is 304 g/mol. The van der Waals surface area contributed by atoms with Crippen LogP contribution in [0.5, 0.6) is 0 Å². The summed E-state index contributed by atoms with van der Waals surface area (Å²) in [5.74, 6) is -0.503. The third-order valence-electron chi connectivity index (χ3n) is 3.08. The van der Waals surface area contributed by atoms with Crippen molar-refractivity contribution in [2.24, 2.45) is 5.73 Å². The molecule has 0 aliphatic rings. The maximum absolute atomic E-state index is 13.3. The summed E-state index contributed by atoms with van der Waals surface area (Å²) in [6.45, 7) is 0.418. The van der Waals surface area contributed by atoms with Crippen molar-refractivity contribution in [3.05, 3.63) is 29.6 Å². The van der Waals surface area contributed by atoms with Crippen LogP contribution in [0.25, 0.3) is 0 Å². The van der Waals surface area contributed by atoms with Crippen LogP contribution in [0.2, 0.25) is 0 Å². The number of nitrogens with zero attached hydrogens (tertiary/aromatic N) is 1. The smallest absolute Gasteiger partial charge is 0.242 e. The van der Waals surface area contributed by atoms with Gasteiger partial charge in [-0.1, -0.05) is 0 Å². The lowest BCUT2D eigenvalue weighted by atomic mass is 10.2. The summed E-state index contributed by atoms with van der Waals surface area (Å²) in [5, 5.41) is 8.67. The highest BCUT2D eigenvalue weighted by atomic mass is 32.2. The summed E-state index contributed by atoms with van der Waals surface area (Å²) in [6, 6.07) is 3.64. The minimum atomic E-state index is -3.63. The maximum Gasteiger partial charge on any atom is 0.242 e. The summed E-state index contributed by atoms with van der Waals surface area (Å²) in [7, 11) is -2.14. The van der Waals surface area contributed by atoms with Gasteiger partial charge in [0.15, 0.2) is 0 Å². The van der Waals surface area contributed by atoms with Gasteiger partial charge in [0.2, 0.25) is 10.0 Å². The zero-order chi connectivity index (χ0) is 15.2. The number of aliphatic hydroxyl groups is 1. The summed E-state index contributed by atoms with van der Waals surface area (Å²) in [4.78, 5) is 0.0454. The SMILES string of the molecule is CN(CCCCCO)S(=O)(=O)c1ccc(F)c(CN)c1. The van der Waals surface area contributed by atoms with Crippen molar-refractivity contribution in [1.82, 2.24) is 4.31 Å². The van der Waals surface area contributed by atoms with Crippen LogP contribution >= 0.6 is 0 Å². The van der Waals surface area contributed by atoms with E-state index in [1.807, 2.05) is 0 Å². The van der Waals surface area contributed by atoms with Crippen LogP contribution < -0.4 is 5.73 Å². The highest BCUT2D eigenvalue weighted by Crippen LogP contribution is 2.18. The quantitative estimate of drug-likeness (QED) is 0.704. The Bertz CT molecular complexity index is 534. The standard InChI is InChI=1S/C13H21FN2O3S/c1-16(7-3-2-4-8-17)20(18,19)12-5-6-13(14)11(9-12)10-15/h5-6,9,17H,2-4,7-8,10,15H2,1H3. The molecule has 7 heteroatoms. The molecule has 0 unspecified atom stereocenters. The van der Waals surface area contributed by atoms with E-state index in [0.29, 0.717) is 19.4 Å². The van der Waals surface area contributed by atoms with Crippen LogP contribution in [0.15, 0.2) is 23.1 Å². The molecule has 20 heavy (non-hydrogen) atoms. The van der Waals surface area contributed by atoms with Gasteiger partial charge in [-0.25, -0.2) is 17.1 Å². The Kier molecular flexibility index (Phi) is 6.54. The topological polar surface area (TPSA) is 83.6 Å². The Morgan fingerprint density at radius 3 is 2.60 bits per heavy atom. The summed E-state index contributed by atoms with van der Waals surface area (Å²) < 4.78 is 39.1. The Balaban J connectivity index is 2.82. The average Bonchev–Trinajstić information content (AvgIpc) is 2.43. The molecule has 5 nitrogen and oxygen atoms in total. The third-order valence-corrected chi connectivity index (χ3v) is 4.93. The summed E-state index contributed by atoms with van der Waals surface area (Å²) in [5.41, 5.74) is 5.56. The summed E-state index contributed by atoms with van der Waals surface area (Å²) in [6.07, 6.45) is 2.08. The van der Waals surface area contributed by atoms with Crippen molar-refractivity contribution in [3.63, 3.8) is 0 Å². The maximum atomic E-state index is 13.3. The van der Waals surface area contributed by atoms with E-state index >= 15 is 0 Å². The number of unbranched alkanes of at least 4 members (excludes halogenated alkanes) is 2. The fourth-order valence-electron chi connectivity index (χ4n) is 1.79. The fourth-order valence-corrected chi connectivity index (χ4v) is 3.05. The minimum Gasteiger partial charge on any atom is -0.396 e. The van der Waals surface area contributed by atoms with E-state index in [9.17, 15) is 12.8 Å². The second-order valence-electron chi connectivity index (χ2n) is 4.57. The van der Waals surface area contributed by atoms with Crippen molar-refractivity contribution < 1.29 is 17.9 Å². The van der Waals surface area contributed by atoms with Crippen LogP contribution in [-0.4, -0.2) is 38.0 Å². The van der Waals surface area contributed by atoms with E-state index in [1.54, 1.807) is 0 Å². The minimum absolute atomic E-state index is 0.0454. The van der Waals surface area contributed by atoms with Gasteiger partial charge in [-0.2, -0.15) is 0 Å². The Morgan fingerprint density at radius 2 is 2.00 bits per heavy atom. The molecule has 0 heterocycles. The molecule has 1 rings (SSSR count). The molecule has 0 saturated carbocycles. The lowest BCUT2D eigenvalue weighted by Gasteiger charge is -2.17. The molecule has 1 aromatic rings. The van der Waals surface area contributed by atoms with Crippen molar-refractivity contribution in [3.8, 4) is 0 Å². The molecule has 0 amide bonds. The predicted molar refractivity (Wildman–Crippen MR) is 75.0 cm³/mol. The molecule has 0 fully saturated rings. The van der Waals surface area contributed by atoms with Gasteiger partial charge in [0.25, 0.3) is 0 Å². The molecular weight excluding hydrogens is 283 g/mol. The van der Waals surface area contributed by atoms with E-state index in [-0.39, 0.29) is 23.6 Å². The van der Waals surface area contributed by atoms with Crippen molar-refractivity contribution in [1.29, 1.82) is 0 Å². The predicted octanol–water partition coefficient (Wildman–Crippen LogP) is 1.07. The van der Waals surface area contributed by atoms with Crippen molar-refractivity contribution in [2.75, 3.05) is 20.2 Å². The first-order valence-electron chi connectivity index (χ1n) is 6.49. The normalized spacial score (nSPS) is 12.1. The first-order valence-corrected chi connectivity index (χ1v) is 7.93. The zero-order valence-electron chi connectivity index (χ0n) is 11.5. The van der Waals surface area contributed by atoms with Crippen LogP contribution in [0, 0.1) is 5.82 Å². The molecule has 0 atom stereocenters. The van der Waals surface area contributed by atoms with E-state index in [1.165, 1.54) is 23.5 Å². The van der Waals surface area contributed by atoms with E-state index < -0.39 is 15.8 Å². The molecule has 0 saturated heterocycles. The molecule has 0 bridgehead atoms. The van der Waals surface area contributed by atoms with Crippen LogP contribution in [-0.2, 0) is 16.6 Å². The fraction of sp³-hybridized carbons (Fsp3) is 0.538. The number of sulfonamides is 1. The molecule has 0 spiro atoms. The van der Waals surface area contributed by atoms with Gasteiger partial charge in [-0.05, 0) is 37.5 Å². The molecule has 0 aliphatic carbocycles. The number of halogens is 1. The van der Waals surface area contributed by atoms with Gasteiger partial charge in [-0.15, -0.1) is 0 Å². The Morgan fingerprint density at radius 1 is 1.30 bits per heavy atom. The van der Waals surface area contributed by atoms with Gasteiger partial charge in [0.05, 0.1) is 4.90 Å². The number of benzene rings is 1. The van der Waals surface area contributed by atoms with Crippen molar-refractivity contribution in [2.45, 2.75) is 30.7 Å². The molecule has 0 radical (unpaired) electrons. The van der Waals surface area contributed by atoms with Crippen molar-refractivity contribution >= 4 is 10.0 Å². The second kappa shape index (κ2) is 7.68. The molecular formula is C13H21FN2O3S. The Hall–Kier alpha value is -1.02. The first kappa shape index (κ1) is 17.0. The first-order chi connectivity index (χ1) is 9.43. The molecule has 0 aliphatic heterocycles. The van der Waals surface area contributed by atoms with Gasteiger partial charge in [0.1, 0.15) is 5.82 Å². The van der Waals surface area contributed by atoms with Crippen LogP contribution in [0.1, 0.15) is 24.8 Å². The third kappa shape index (κ3) is 4.24. The van der Waals surface area contributed by atoms with E-state index in [0.717, 1.165) is 12.5 Å². The lowest BCUT2D eigenvalue weighted by molar-refractivity contribution is 0.281. The Labute approximate surface area is 119 Å². The highest BCUT2D eigenvalue weighted by Gasteiger charge is 2.21. The van der Waals surface area contributed by atoms with Gasteiger partial charge >= 0.3 is 0 Å². The largest absolute Gasteiger partial charge is 0.396 e. The van der Waals surface area contributed by atoms with Gasteiger partial charge < -0.3 is 10.8 Å². The summed E-state index contributed by atoms with van der Waals surface area (Å²) >= 11 is 0. The number of nitrogens with two attached hydrogens (primary N) is 1. The highest BCUT2D eigenvalue weighted by molar-refractivity contribution is 7.89. The van der Waals surface area contributed by atoms with Crippen LogP contribution in [0.4, 0.5) is 4.39 Å². The van der Waals surface area contributed by atoms with E-state index in [4.69, 9.17) is 10.8 Å². The number of hydrogen-bond donors (Lipinski definition) is 2. The van der Waals surface area contributed by atoms with Gasteiger partial charge in [-0.3, -0.25) is 0 Å². The number of hydrogen-bond acceptors (Lipinski definition) is 4. The lowest BCUT2D eigenvalue weighted by Crippen LogP contribution is -2.28.